The fourth-order valence-corrected chi connectivity index (χ4v) is 3.08. The number of benzene rings is 3. The zero-order chi connectivity index (χ0) is 19.8. The highest BCUT2D eigenvalue weighted by Gasteiger charge is 2.17. The molecule has 0 bridgehead atoms. The summed E-state index contributed by atoms with van der Waals surface area (Å²) >= 11 is 0. The van der Waals surface area contributed by atoms with Gasteiger partial charge in [-0.1, -0.05) is 67.6 Å². The molecule has 4 nitrogen and oxygen atoms in total. The predicted molar refractivity (Wildman–Crippen MR) is 110 cm³/mol. The Morgan fingerprint density at radius 2 is 1.61 bits per heavy atom. The molecule has 0 heterocycles. The molecule has 0 saturated heterocycles. The van der Waals surface area contributed by atoms with Gasteiger partial charge in [-0.2, -0.15) is 0 Å². The van der Waals surface area contributed by atoms with E-state index in [0.717, 1.165) is 17.5 Å². The van der Waals surface area contributed by atoms with E-state index in [-0.39, 0.29) is 12.7 Å². The van der Waals surface area contributed by atoms with E-state index in [2.05, 4.69) is 19.1 Å². The minimum Gasteiger partial charge on any atom is -0.493 e. The maximum atomic E-state index is 9.88. The van der Waals surface area contributed by atoms with Gasteiger partial charge in [0.25, 0.3) is 0 Å². The SMILES string of the molecule is CCC(Oc1cc(CO)c(OCc2ccccc2)c(OC)c1)c1ccccc1. The van der Waals surface area contributed by atoms with Gasteiger partial charge in [0.2, 0.25) is 0 Å². The van der Waals surface area contributed by atoms with Crippen molar-refractivity contribution in [2.45, 2.75) is 32.7 Å². The quantitative estimate of drug-likeness (QED) is 0.549. The lowest BCUT2D eigenvalue weighted by Crippen LogP contribution is -2.08. The van der Waals surface area contributed by atoms with Crippen LogP contribution in [0.1, 0.15) is 36.1 Å². The number of hydrogen-bond donors (Lipinski definition) is 1. The van der Waals surface area contributed by atoms with Gasteiger partial charge in [-0.15, -0.1) is 0 Å². The van der Waals surface area contributed by atoms with Crippen LogP contribution in [0.15, 0.2) is 72.8 Å². The monoisotopic (exact) mass is 378 g/mol. The fourth-order valence-electron chi connectivity index (χ4n) is 3.08. The molecule has 0 radical (unpaired) electrons. The number of rotatable bonds is 9. The Morgan fingerprint density at radius 1 is 0.929 bits per heavy atom. The van der Waals surface area contributed by atoms with Gasteiger partial charge < -0.3 is 19.3 Å². The van der Waals surface area contributed by atoms with Gasteiger partial charge in [-0.25, -0.2) is 0 Å². The van der Waals surface area contributed by atoms with Crippen LogP contribution in [0, 0.1) is 0 Å². The molecule has 0 aliphatic rings. The van der Waals surface area contributed by atoms with Crippen LogP contribution in [0.2, 0.25) is 0 Å². The van der Waals surface area contributed by atoms with Crippen molar-refractivity contribution in [3.05, 3.63) is 89.5 Å². The predicted octanol–water partition coefficient (Wildman–Crippen LogP) is 5.30. The summed E-state index contributed by atoms with van der Waals surface area (Å²) in [5.74, 6) is 1.72. The molecule has 146 valence electrons. The highest BCUT2D eigenvalue weighted by Crippen LogP contribution is 2.38. The fraction of sp³-hybridized carbons (Fsp3) is 0.250. The van der Waals surface area contributed by atoms with Crippen LogP contribution in [0.3, 0.4) is 0 Å². The molecule has 3 rings (SSSR count). The second kappa shape index (κ2) is 9.81. The summed E-state index contributed by atoms with van der Waals surface area (Å²) in [6.45, 7) is 2.31. The maximum absolute atomic E-state index is 9.88. The standard InChI is InChI=1S/C24H26O4/c1-3-22(19-12-8-5-9-13-19)28-21-14-20(16-25)24(23(15-21)26-2)27-17-18-10-6-4-7-11-18/h4-15,22,25H,3,16-17H2,1-2H3. The van der Waals surface area contributed by atoms with Crippen molar-refractivity contribution in [3.8, 4) is 17.2 Å². The van der Waals surface area contributed by atoms with Crippen LogP contribution >= 0.6 is 0 Å². The number of aliphatic hydroxyl groups is 1. The van der Waals surface area contributed by atoms with Gasteiger partial charge in [-0.05, 0) is 23.6 Å². The topological polar surface area (TPSA) is 47.9 Å². The molecule has 28 heavy (non-hydrogen) atoms. The normalized spacial score (nSPS) is 11.7. The van der Waals surface area contributed by atoms with Crippen molar-refractivity contribution in [2.24, 2.45) is 0 Å². The Morgan fingerprint density at radius 3 is 2.21 bits per heavy atom. The summed E-state index contributed by atoms with van der Waals surface area (Å²) in [4.78, 5) is 0. The highest BCUT2D eigenvalue weighted by atomic mass is 16.5. The Hall–Kier alpha value is -2.98. The molecule has 0 aliphatic carbocycles. The summed E-state index contributed by atoms with van der Waals surface area (Å²) in [6, 6.07) is 23.6. The molecule has 0 spiro atoms. The smallest absolute Gasteiger partial charge is 0.167 e. The van der Waals surface area contributed by atoms with Crippen LogP contribution in [-0.2, 0) is 13.2 Å². The van der Waals surface area contributed by atoms with Gasteiger partial charge in [0, 0.05) is 11.6 Å². The van der Waals surface area contributed by atoms with E-state index in [1.54, 1.807) is 7.11 Å². The van der Waals surface area contributed by atoms with E-state index < -0.39 is 0 Å². The lowest BCUT2D eigenvalue weighted by atomic mass is 10.1. The molecule has 3 aromatic rings. The molecular weight excluding hydrogens is 352 g/mol. The molecule has 1 atom stereocenters. The molecule has 0 aliphatic heterocycles. The Labute approximate surface area is 166 Å². The first kappa shape index (κ1) is 19.8. The van der Waals surface area contributed by atoms with Crippen molar-refractivity contribution in [1.29, 1.82) is 0 Å². The largest absolute Gasteiger partial charge is 0.493 e. The minimum absolute atomic E-state index is 0.0754. The minimum atomic E-state index is -0.167. The van der Waals surface area contributed by atoms with E-state index in [1.807, 2.05) is 60.7 Å². The van der Waals surface area contributed by atoms with Gasteiger partial charge in [0.15, 0.2) is 11.5 Å². The zero-order valence-corrected chi connectivity index (χ0v) is 16.3. The average molecular weight is 378 g/mol. The first-order valence-corrected chi connectivity index (χ1v) is 9.45. The van der Waals surface area contributed by atoms with Crippen molar-refractivity contribution in [2.75, 3.05) is 7.11 Å². The van der Waals surface area contributed by atoms with Crippen LogP contribution in [0.5, 0.6) is 17.2 Å². The molecule has 1 N–H and O–H groups in total. The first-order valence-electron chi connectivity index (χ1n) is 9.45. The van der Waals surface area contributed by atoms with Crippen molar-refractivity contribution >= 4 is 0 Å². The van der Waals surface area contributed by atoms with Crippen LogP contribution in [-0.4, -0.2) is 12.2 Å². The van der Waals surface area contributed by atoms with Crippen LogP contribution in [0.25, 0.3) is 0 Å². The Kier molecular flexibility index (Phi) is 6.93. The molecule has 1 unspecified atom stereocenters. The van der Waals surface area contributed by atoms with Gasteiger partial charge in [0.05, 0.1) is 13.7 Å². The summed E-state index contributed by atoms with van der Waals surface area (Å²) in [6.07, 6.45) is 0.751. The van der Waals surface area contributed by atoms with E-state index >= 15 is 0 Å². The van der Waals surface area contributed by atoms with Crippen LogP contribution < -0.4 is 14.2 Å². The molecule has 0 fully saturated rings. The van der Waals surface area contributed by atoms with Crippen LogP contribution in [0.4, 0.5) is 0 Å². The second-order valence-electron chi connectivity index (χ2n) is 6.47. The number of hydrogen-bond acceptors (Lipinski definition) is 4. The lowest BCUT2D eigenvalue weighted by Gasteiger charge is -2.21. The number of methoxy groups -OCH3 is 1. The summed E-state index contributed by atoms with van der Waals surface area (Å²) in [5, 5.41) is 9.88. The number of ether oxygens (including phenoxy) is 3. The molecule has 3 aromatic carbocycles. The van der Waals surface area contributed by atoms with E-state index in [9.17, 15) is 5.11 Å². The first-order chi connectivity index (χ1) is 13.7. The Balaban J connectivity index is 1.83. The molecule has 4 heteroatoms. The maximum Gasteiger partial charge on any atom is 0.167 e. The molecule has 0 saturated carbocycles. The zero-order valence-electron chi connectivity index (χ0n) is 16.3. The van der Waals surface area contributed by atoms with Crippen molar-refractivity contribution in [3.63, 3.8) is 0 Å². The molecule has 0 aromatic heterocycles. The Bertz CT molecular complexity index is 837. The average Bonchev–Trinajstić information content (AvgIpc) is 2.77. The second-order valence-corrected chi connectivity index (χ2v) is 6.47. The number of aliphatic hydroxyl groups excluding tert-OH is 1. The highest BCUT2D eigenvalue weighted by molar-refractivity contribution is 5.52. The third-order valence-corrected chi connectivity index (χ3v) is 4.54. The van der Waals surface area contributed by atoms with E-state index in [4.69, 9.17) is 14.2 Å². The summed E-state index contributed by atoms with van der Waals surface area (Å²) < 4.78 is 17.7. The third-order valence-electron chi connectivity index (χ3n) is 4.54. The lowest BCUT2D eigenvalue weighted by molar-refractivity contribution is 0.197. The molecule has 0 amide bonds. The summed E-state index contributed by atoms with van der Waals surface area (Å²) in [7, 11) is 1.59. The molecular formula is C24H26O4. The van der Waals surface area contributed by atoms with Gasteiger partial charge >= 0.3 is 0 Å². The van der Waals surface area contributed by atoms with Crippen molar-refractivity contribution < 1.29 is 19.3 Å². The van der Waals surface area contributed by atoms with E-state index in [1.165, 1.54) is 0 Å². The third kappa shape index (κ3) is 4.84. The van der Waals surface area contributed by atoms with Gasteiger partial charge in [-0.3, -0.25) is 0 Å². The van der Waals surface area contributed by atoms with Gasteiger partial charge in [0.1, 0.15) is 18.5 Å². The summed E-state index contributed by atoms with van der Waals surface area (Å²) in [5.41, 5.74) is 2.79. The van der Waals surface area contributed by atoms with E-state index in [0.29, 0.717) is 29.4 Å². The van der Waals surface area contributed by atoms with Crippen molar-refractivity contribution in [1.82, 2.24) is 0 Å².